The minimum absolute atomic E-state index is 0.0523. The number of likely N-dealkylation sites (N-methyl/N-ethyl adjacent to an activating group) is 1. The Morgan fingerprint density at radius 2 is 1.97 bits per heavy atom. The molecule has 1 heterocycles. The maximum absolute atomic E-state index is 13.8. The largest absolute Gasteiger partial charge is 0.493 e. The van der Waals surface area contributed by atoms with Crippen LogP contribution in [0.3, 0.4) is 0 Å². The quantitative estimate of drug-likeness (QED) is 0.615. The third-order valence-electron chi connectivity index (χ3n) is 4.32. The van der Waals surface area contributed by atoms with Crippen molar-refractivity contribution in [1.82, 2.24) is 4.90 Å². The van der Waals surface area contributed by atoms with Crippen LogP contribution in [0.15, 0.2) is 52.4 Å². The zero-order valence-electron chi connectivity index (χ0n) is 16.6. The molecule has 7 heteroatoms. The van der Waals surface area contributed by atoms with Crippen molar-refractivity contribution >= 4 is 28.9 Å². The van der Waals surface area contributed by atoms with Crippen LogP contribution in [0.5, 0.6) is 11.5 Å². The molecule has 2 aromatic carbocycles. The average Bonchev–Trinajstić information content (AvgIpc) is 3.02. The van der Waals surface area contributed by atoms with E-state index in [1.54, 1.807) is 42.3 Å². The SMILES string of the molecule is CCN=C1S/C(=C/c2ccc(OCc3ccccc3F)c(OC)c2)C(=O)N1CC. The fraction of sp³-hybridized carbons (Fsp3) is 0.273. The second-order valence-electron chi connectivity index (χ2n) is 6.21. The highest BCUT2D eigenvalue weighted by Crippen LogP contribution is 2.35. The summed E-state index contributed by atoms with van der Waals surface area (Å²) in [6.07, 6.45) is 1.82. The molecule has 0 unspecified atom stereocenters. The molecule has 0 saturated carbocycles. The first-order valence-corrected chi connectivity index (χ1v) is 10.2. The first kappa shape index (κ1) is 20.9. The Bertz CT molecular complexity index is 959. The monoisotopic (exact) mass is 414 g/mol. The zero-order valence-corrected chi connectivity index (χ0v) is 17.5. The van der Waals surface area contributed by atoms with Crippen molar-refractivity contribution in [2.45, 2.75) is 20.5 Å². The molecular formula is C22H23FN2O3S. The van der Waals surface area contributed by atoms with Gasteiger partial charge in [0.2, 0.25) is 0 Å². The molecule has 29 heavy (non-hydrogen) atoms. The lowest BCUT2D eigenvalue weighted by molar-refractivity contribution is -0.122. The second-order valence-corrected chi connectivity index (χ2v) is 7.22. The smallest absolute Gasteiger partial charge is 0.266 e. The molecule has 0 aliphatic carbocycles. The summed E-state index contributed by atoms with van der Waals surface area (Å²) in [5, 5.41) is 0.725. The van der Waals surface area contributed by atoms with Crippen LogP contribution in [0.1, 0.15) is 25.0 Å². The summed E-state index contributed by atoms with van der Waals surface area (Å²) in [7, 11) is 1.54. The Balaban J connectivity index is 1.80. The molecule has 0 bridgehead atoms. The molecule has 3 rings (SSSR count). The fourth-order valence-corrected chi connectivity index (χ4v) is 3.96. The van der Waals surface area contributed by atoms with Crippen molar-refractivity contribution in [1.29, 1.82) is 0 Å². The van der Waals surface area contributed by atoms with Crippen molar-refractivity contribution in [3.05, 3.63) is 64.3 Å². The number of aliphatic imine (C=N–C) groups is 1. The number of rotatable bonds is 7. The van der Waals surface area contributed by atoms with Gasteiger partial charge in [0, 0.05) is 18.7 Å². The minimum Gasteiger partial charge on any atom is -0.493 e. The van der Waals surface area contributed by atoms with Gasteiger partial charge in [-0.3, -0.25) is 14.7 Å². The third kappa shape index (κ3) is 4.79. The summed E-state index contributed by atoms with van der Waals surface area (Å²) in [4.78, 5) is 19.3. The van der Waals surface area contributed by atoms with Gasteiger partial charge in [-0.25, -0.2) is 4.39 Å². The van der Waals surface area contributed by atoms with Crippen LogP contribution in [0.25, 0.3) is 6.08 Å². The molecule has 0 spiro atoms. The van der Waals surface area contributed by atoms with E-state index < -0.39 is 0 Å². The summed E-state index contributed by atoms with van der Waals surface area (Å²) >= 11 is 1.37. The second kappa shape index (κ2) is 9.60. The van der Waals surface area contributed by atoms with Crippen molar-refractivity contribution in [3.63, 3.8) is 0 Å². The van der Waals surface area contributed by atoms with E-state index in [1.165, 1.54) is 17.8 Å². The van der Waals surface area contributed by atoms with Gasteiger partial charge in [0.25, 0.3) is 5.91 Å². The number of methoxy groups -OCH3 is 1. The lowest BCUT2D eigenvalue weighted by Crippen LogP contribution is -2.28. The summed E-state index contributed by atoms with van der Waals surface area (Å²) in [5.41, 5.74) is 1.28. The maximum atomic E-state index is 13.8. The molecule has 1 aliphatic rings. The Morgan fingerprint density at radius 3 is 2.66 bits per heavy atom. The van der Waals surface area contributed by atoms with E-state index >= 15 is 0 Å². The van der Waals surface area contributed by atoms with Gasteiger partial charge >= 0.3 is 0 Å². The Hall–Kier alpha value is -2.80. The number of hydrogen-bond donors (Lipinski definition) is 0. The molecule has 1 amide bonds. The summed E-state index contributed by atoms with van der Waals surface area (Å²) < 4.78 is 24.9. The van der Waals surface area contributed by atoms with E-state index in [1.807, 2.05) is 26.0 Å². The first-order valence-electron chi connectivity index (χ1n) is 9.37. The predicted molar refractivity (Wildman–Crippen MR) is 115 cm³/mol. The maximum Gasteiger partial charge on any atom is 0.266 e. The summed E-state index contributed by atoms with van der Waals surface area (Å²) in [6, 6.07) is 11.9. The Labute approximate surface area is 174 Å². The van der Waals surface area contributed by atoms with E-state index in [-0.39, 0.29) is 18.3 Å². The van der Waals surface area contributed by atoms with Crippen LogP contribution in [0, 0.1) is 5.82 Å². The molecule has 152 valence electrons. The highest BCUT2D eigenvalue weighted by molar-refractivity contribution is 8.18. The zero-order chi connectivity index (χ0) is 20.8. The van der Waals surface area contributed by atoms with E-state index in [4.69, 9.17) is 9.47 Å². The number of amidine groups is 1. The van der Waals surface area contributed by atoms with Crippen molar-refractivity contribution in [2.24, 2.45) is 4.99 Å². The van der Waals surface area contributed by atoms with Gasteiger partial charge < -0.3 is 9.47 Å². The number of thioether (sulfide) groups is 1. The topological polar surface area (TPSA) is 51.1 Å². The van der Waals surface area contributed by atoms with Gasteiger partial charge in [0.05, 0.1) is 12.0 Å². The number of amides is 1. The van der Waals surface area contributed by atoms with Crippen LogP contribution in [0.4, 0.5) is 4.39 Å². The molecule has 2 aromatic rings. The van der Waals surface area contributed by atoms with Gasteiger partial charge in [0.15, 0.2) is 16.7 Å². The van der Waals surface area contributed by atoms with E-state index in [2.05, 4.69) is 4.99 Å². The first-order chi connectivity index (χ1) is 14.1. The lowest BCUT2D eigenvalue weighted by atomic mass is 10.1. The summed E-state index contributed by atoms with van der Waals surface area (Å²) in [6.45, 7) is 5.17. The predicted octanol–water partition coefficient (Wildman–Crippen LogP) is 4.73. The fourth-order valence-electron chi connectivity index (χ4n) is 2.86. The van der Waals surface area contributed by atoms with Crippen LogP contribution >= 0.6 is 11.8 Å². The number of nitrogens with zero attached hydrogens (tertiary/aromatic N) is 2. The molecule has 1 saturated heterocycles. The molecule has 1 fully saturated rings. The number of halogens is 1. The lowest BCUT2D eigenvalue weighted by Gasteiger charge is -2.12. The molecule has 0 radical (unpaired) electrons. The number of carbonyl (C=O) groups excluding carboxylic acids is 1. The van der Waals surface area contributed by atoms with Crippen LogP contribution < -0.4 is 9.47 Å². The molecule has 0 N–H and O–H groups in total. The Kier molecular flexibility index (Phi) is 6.93. The van der Waals surface area contributed by atoms with Gasteiger partial charge in [-0.1, -0.05) is 24.3 Å². The van der Waals surface area contributed by atoms with Crippen molar-refractivity contribution < 1.29 is 18.7 Å². The van der Waals surface area contributed by atoms with Crippen molar-refractivity contribution in [2.75, 3.05) is 20.2 Å². The van der Waals surface area contributed by atoms with Crippen LogP contribution in [-0.2, 0) is 11.4 Å². The summed E-state index contributed by atoms with van der Waals surface area (Å²) in [5.74, 6) is 0.658. The van der Waals surface area contributed by atoms with Gasteiger partial charge in [-0.2, -0.15) is 0 Å². The van der Waals surface area contributed by atoms with Crippen LogP contribution in [0.2, 0.25) is 0 Å². The molecular weight excluding hydrogens is 391 g/mol. The van der Waals surface area contributed by atoms with Crippen LogP contribution in [-0.4, -0.2) is 36.2 Å². The highest BCUT2D eigenvalue weighted by atomic mass is 32.2. The third-order valence-corrected chi connectivity index (χ3v) is 5.37. The average molecular weight is 415 g/mol. The number of carbonyl (C=O) groups is 1. The van der Waals surface area contributed by atoms with E-state index in [9.17, 15) is 9.18 Å². The van der Waals surface area contributed by atoms with Crippen molar-refractivity contribution in [3.8, 4) is 11.5 Å². The normalized spacial score (nSPS) is 16.7. The Morgan fingerprint density at radius 1 is 1.17 bits per heavy atom. The van der Waals surface area contributed by atoms with Gasteiger partial charge in [0.1, 0.15) is 12.4 Å². The number of hydrogen-bond acceptors (Lipinski definition) is 5. The van der Waals surface area contributed by atoms with Gasteiger partial charge in [-0.05, 0) is 55.4 Å². The molecule has 0 atom stereocenters. The number of benzene rings is 2. The number of ether oxygens (including phenoxy) is 2. The molecule has 0 aromatic heterocycles. The molecule has 5 nitrogen and oxygen atoms in total. The van der Waals surface area contributed by atoms with Gasteiger partial charge in [-0.15, -0.1) is 0 Å². The molecule has 1 aliphatic heterocycles. The van der Waals surface area contributed by atoms with E-state index in [0.717, 1.165) is 10.7 Å². The minimum atomic E-state index is -0.311. The highest BCUT2D eigenvalue weighted by Gasteiger charge is 2.31. The standard InChI is InChI=1S/C22H23FN2O3S/c1-4-24-22-25(5-2)21(26)20(29-22)13-15-10-11-18(19(12-15)27-3)28-14-16-8-6-7-9-17(16)23/h6-13H,4-5,14H2,1-3H3/b20-13+,24-22?. The van der Waals surface area contributed by atoms with E-state index in [0.29, 0.717) is 35.1 Å².